The highest BCUT2D eigenvalue weighted by Gasteiger charge is 2.13. The molecule has 1 aromatic heterocycles. The molecule has 0 aliphatic rings. The third-order valence-corrected chi connectivity index (χ3v) is 2.94. The number of hydrogen-bond acceptors (Lipinski definition) is 3. The summed E-state index contributed by atoms with van der Waals surface area (Å²) >= 11 is 0. The first kappa shape index (κ1) is 13.0. The van der Waals surface area contributed by atoms with Crippen LogP contribution in [0.2, 0.25) is 0 Å². The summed E-state index contributed by atoms with van der Waals surface area (Å²) in [5, 5.41) is 6.71. The minimum Gasteiger partial charge on any atom is -0.320 e. The third-order valence-electron chi connectivity index (χ3n) is 2.94. The molecule has 0 bridgehead atoms. The first-order valence-corrected chi connectivity index (χ1v) is 6.25. The molecule has 3 aromatic rings. The van der Waals surface area contributed by atoms with E-state index in [9.17, 15) is 9.18 Å². The predicted molar refractivity (Wildman–Crippen MR) is 75.7 cm³/mol. The standard InChI is InChI=1S/C15H11FN4O/c16-12-6-2-1-5-11(12)15(21)19-13-7-3-4-8-14(13)20-10-17-9-18-20/h1-10H,(H,19,21). The topological polar surface area (TPSA) is 59.8 Å². The van der Waals surface area contributed by atoms with Gasteiger partial charge >= 0.3 is 0 Å². The van der Waals surface area contributed by atoms with Crippen LogP contribution in [0.5, 0.6) is 0 Å². The molecule has 0 radical (unpaired) electrons. The number of aromatic nitrogens is 3. The van der Waals surface area contributed by atoms with E-state index in [1.54, 1.807) is 24.3 Å². The van der Waals surface area contributed by atoms with E-state index in [2.05, 4.69) is 15.4 Å². The zero-order valence-corrected chi connectivity index (χ0v) is 10.9. The number of para-hydroxylation sites is 2. The smallest absolute Gasteiger partial charge is 0.258 e. The summed E-state index contributed by atoms with van der Waals surface area (Å²) in [4.78, 5) is 16.0. The maximum atomic E-state index is 13.6. The largest absolute Gasteiger partial charge is 0.320 e. The lowest BCUT2D eigenvalue weighted by molar-refractivity contribution is 0.102. The molecule has 0 saturated carbocycles. The number of nitrogens with zero attached hydrogens (tertiary/aromatic N) is 3. The number of anilines is 1. The van der Waals surface area contributed by atoms with Crippen LogP contribution in [-0.2, 0) is 0 Å². The number of nitrogens with one attached hydrogen (secondary N) is 1. The van der Waals surface area contributed by atoms with Crippen LogP contribution in [0.1, 0.15) is 10.4 Å². The first-order valence-electron chi connectivity index (χ1n) is 6.25. The fraction of sp³-hybridized carbons (Fsp3) is 0. The minimum absolute atomic E-state index is 0.00843. The highest BCUT2D eigenvalue weighted by atomic mass is 19.1. The van der Waals surface area contributed by atoms with Gasteiger partial charge in [0.1, 0.15) is 18.5 Å². The normalized spacial score (nSPS) is 10.3. The summed E-state index contributed by atoms with van der Waals surface area (Å²) in [6.07, 6.45) is 2.92. The molecule has 0 aliphatic carbocycles. The van der Waals surface area contributed by atoms with Crippen LogP contribution in [0.4, 0.5) is 10.1 Å². The third kappa shape index (κ3) is 2.64. The number of hydrogen-bond donors (Lipinski definition) is 1. The Hall–Kier alpha value is -3.02. The van der Waals surface area contributed by atoms with Gasteiger partial charge in [-0.05, 0) is 24.3 Å². The molecule has 0 aliphatic heterocycles. The van der Waals surface area contributed by atoms with Crippen LogP contribution in [0.25, 0.3) is 5.69 Å². The van der Waals surface area contributed by atoms with Gasteiger partial charge in [0.25, 0.3) is 5.91 Å². The Morgan fingerprint density at radius 2 is 1.86 bits per heavy atom. The highest BCUT2D eigenvalue weighted by molar-refractivity contribution is 6.05. The van der Waals surface area contributed by atoms with Crippen molar-refractivity contribution in [3.63, 3.8) is 0 Å². The lowest BCUT2D eigenvalue weighted by Crippen LogP contribution is -2.15. The van der Waals surface area contributed by atoms with Crippen molar-refractivity contribution in [1.82, 2.24) is 14.8 Å². The van der Waals surface area contributed by atoms with E-state index in [0.717, 1.165) is 0 Å². The molecular weight excluding hydrogens is 271 g/mol. The number of halogens is 1. The lowest BCUT2D eigenvalue weighted by atomic mass is 10.2. The quantitative estimate of drug-likeness (QED) is 0.803. The van der Waals surface area contributed by atoms with E-state index in [1.165, 1.54) is 35.5 Å². The van der Waals surface area contributed by atoms with Gasteiger partial charge in [0.05, 0.1) is 16.9 Å². The summed E-state index contributed by atoms with van der Waals surface area (Å²) in [6, 6.07) is 12.9. The molecule has 104 valence electrons. The van der Waals surface area contributed by atoms with E-state index in [4.69, 9.17) is 0 Å². The van der Waals surface area contributed by atoms with Crippen LogP contribution < -0.4 is 5.32 Å². The second-order valence-electron chi connectivity index (χ2n) is 4.29. The molecule has 1 N–H and O–H groups in total. The average molecular weight is 282 g/mol. The van der Waals surface area contributed by atoms with Gasteiger partial charge in [-0.3, -0.25) is 4.79 Å². The first-order chi connectivity index (χ1) is 10.3. The van der Waals surface area contributed by atoms with Crippen molar-refractivity contribution in [3.8, 4) is 5.69 Å². The Balaban J connectivity index is 1.93. The van der Waals surface area contributed by atoms with Gasteiger partial charge < -0.3 is 5.32 Å². The summed E-state index contributed by atoms with van der Waals surface area (Å²) in [5.41, 5.74) is 1.17. The highest BCUT2D eigenvalue weighted by Crippen LogP contribution is 2.20. The molecule has 0 unspecified atom stereocenters. The van der Waals surface area contributed by atoms with Gasteiger partial charge in [0, 0.05) is 0 Å². The molecule has 2 aromatic carbocycles. The van der Waals surface area contributed by atoms with Crippen molar-refractivity contribution in [2.75, 3.05) is 5.32 Å². The molecule has 0 fully saturated rings. The van der Waals surface area contributed by atoms with Crippen molar-refractivity contribution in [2.24, 2.45) is 0 Å². The zero-order chi connectivity index (χ0) is 14.7. The number of carbonyl (C=O) groups is 1. The van der Waals surface area contributed by atoms with E-state index in [1.807, 2.05) is 6.07 Å². The van der Waals surface area contributed by atoms with Crippen molar-refractivity contribution in [2.45, 2.75) is 0 Å². The van der Waals surface area contributed by atoms with Crippen LogP contribution in [0.3, 0.4) is 0 Å². The van der Waals surface area contributed by atoms with Crippen LogP contribution in [0, 0.1) is 5.82 Å². The molecule has 0 saturated heterocycles. The molecule has 0 atom stereocenters. The van der Waals surface area contributed by atoms with Crippen molar-refractivity contribution in [1.29, 1.82) is 0 Å². The Kier molecular flexibility index (Phi) is 3.42. The zero-order valence-electron chi connectivity index (χ0n) is 10.9. The number of carbonyl (C=O) groups excluding carboxylic acids is 1. The molecule has 6 heteroatoms. The molecule has 1 heterocycles. The van der Waals surface area contributed by atoms with Crippen molar-refractivity contribution < 1.29 is 9.18 Å². The van der Waals surface area contributed by atoms with E-state index in [0.29, 0.717) is 11.4 Å². The fourth-order valence-electron chi connectivity index (χ4n) is 1.95. The van der Waals surface area contributed by atoms with E-state index < -0.39 is 11.7 Å². The molecule has 5 nitrogen and oxygen atoms in total. The Bertz CT molecular complexity index is 771. The number of amides is 1. The maximum Gasteiger partial charge on any atom is 0.258 e. The monoisotopic (exact) mass is 282 g/mol. The summed E-state index contributed by atoms with van der Waals surface area (Å²) in [7, 11) is 0. The minimum atomic E-state index is -0.562. The molecule has 21 heavy (non-hydrogen) atoms. The molecule has 0 spiro atoms. The Morgan fingerprint density at radius 3 is 2.62 bits per heavy atom. The summed E-state index contributed by atoms with van der Waals surface area (Å²) in [5.74, 6) is -1.08. The van der Waals surface area contributed by atoms with Crippen molar-refractivity contribution in [3.05, 3.63) is 72.6 Å². The van der Waals surface area contributed by atoms with Gasteiger partial charge in [-0.1, -0.05) is 24.3 Å². The fourth-order valence-corrected chi connectivity index (χ4v) is 1.95. The summed E-state index contributed by atoms with van der Waals surface area (Å²) in [6.45, 7) is 0. The number of rotatable bonds is 3. The molecular formula is C15H11FN4O. The van der Waals surface area contributed by atoms with Crippen LogP contribution >= 0.6 is 0 Å². The predicted octanol–water partition coefficient (Wildman–Crippen LogP) is 2.66. The second kappa shape index (κ2) is 5.54. The van der Waals surface area contributed by atoms with E-state index >= 15 is 0 Å². The van der Waals surface area contributed by atoms with Gasteiger partial charge in [-0.15, -0.1) is 0 Å². The van der Waals surface area contributed by atoms with E-state index in [-0.39, 0.29) is 5.56 Å². The van der Waals surface area contributed by atoms with Crippen molar-refractivity contribution >= 4 is 11.6 Å². The van der Waals surface area contributed by atoms with Gasteiger partial charge in [-0.2, -0.15) is 5.10 Å². The van der Waals surface area contributed by atoms with Crippen LogP contribution in [-0.4, -0.2) is 20.7 Å². The van der Waals surface area contributed by atoms with Crippen LogP contribution in [0.15, 0.2) is 61.2 Å². The van der Waals surface area contributed by atoms with Gasteiger partial charge in [0.2, 0.25) is 0 Å². The molecule has 3 rings (SSSR count). The second-order valence-corrected chi connectivity index (χ2v) is 4.29. The van der Waals surface area contributed by atoms with Gasteiger partial charge in [-0.25, -0.2) is 14.1 Å². The van der Waals surface area contributed by atoms with Gasteiger partial charge in [0.15, 0.2) is 0 Å². The summed E-state index contributed by atoms with van der Waals surface area (Å²) < 4.78 is 15.2. The lowest BCUT2D eigenvalue weighted by Gasteiger charge is -2.10. The number of benzene rings is 2. The Morgan fingerprint density at radius 1 is 1.10 bits per heavy atom. The Labute approximate surface area is 120 Å². The SMILES string of the molecule is O=C(Nc1ccccc1-n1cncn1)c1ccccc1F. The average Bonchev–Trinajstić information content (AvgIpc) is 3.02. The maximum absolute atomic E-state index is 13.6. The molecule has 1 amide bonds.